The number of benzene rings is 1. The van der Waals surface area contributed by atoms with Gasteiger partial charge in [0.05, 0.1) is 17.6 Å². The monoisotopic (exact) mass is 414 g/mol. The summed E-state index contributed by atoms with van der Waals surface area (Å²) in [5.74, 6) is -0.116. The van der Waals surface area contributed by atoms with Gasteiger partial charge in [-0.2, -0.15) is 10.1 Å². The Balaban J connectivity index is 1.23. The van der Waals surface area contributed by atoms with Gasteiger partial charge in [-0.1, -0.05) is 18.2 Å². The molecule has 2 aromatic rings. The SMILES string of the molecule is Cc1cnn(-c2ccc(C(=O)N3CCN(C4=NC(=O)C5C=CC=CC5=N4)CC3)cc2)c1. The molecule has 1 aromatic heterocycles. The summed E-state index contributed by atoms with van der Waals surface area (Å²) in [4.78, 5) is 37.8. The molecule has 8 heteroatoms. The van der Waals surface area contributed by atoms with Gasteiger partial charge in [0.1, 0.15) is 5.92 Å². The second kappa shape index (κ2) is 7.79. The highest BCUT2D eigenvalue weighted by Gasteiger charge is 2.30. The predicted molar refractivity (Wildman–Crippen MR) is 117 cm³/mol. The topological polar surface area (TPSA) is 83.2 Å². The highest BCUT2D eigenvalue weighted by Crippen LogP contribution is 2.19. The number of carbonyl (C=O) groups excluding carboxylic acids is 2. The predicted octanol–water partition coefficient (Wildman–Crippen LogP) is 2.02. The van der Waals surface area contributed by atoms with Crippen LogP contribution in [0.2, 0.25) is 0 Å². The molecule has 0 radical (unpaired) electrons. The van der Waals surface area contributed by atoms with Crippen molar-refractivity contribution in [3.63, 3.8) is 0 Å². The van der Waals surface area contributed by atoms with Crippen LogP contribution in [0.1, 0.15) is 15.9 Å². The third kappa shape index (κ3) is 3.72. The van der Waals surface area contributed by atoms with Gasteiger partial charge in [-0.15, -0.1) is 0 Å². The molecule has 31 heavy (non-hydrogen) atoms. The van der Waals surface area contributed by atoms with Crippen molar-refractivity contribution in [3.8, 4) is 5.69 Å². The van der Waals surface area contributed by atoms with E-state index in [1.807, 2.05) is 71.5 Å². The first kappa shape index (κ1) is 19.2. The summed E-state index contributed by atoms with van der Waals surface area (Å²) in [5.41, 5.74) is 3.37. The van der Waals surface area contributed by atoms with Crippen LogP contribution in [0.4, 0.5) is 0 Å². The number of hydrogen-bond donors (Lipinski definition) is 0. The quantitative estimate of drug-likeness (QED) is 0.753. The standard InChI is InChI=1S/C23H22N6O2/c1-16-14-24-29(15-16)18-8-6-17(7-9-18)22(31)27-10-12-28(13-11-27)23-25-20-5-3-2-4-19(20)21(30)26-23/h2-9,14-15,19H,10-13H2,1H3. The van der Waals surface area contributed by atoms with Crippen LogP contribution in [0.15, 0.2) is 70.9 Å². The van der Waals surface area contributed by atoms with Crippen molar-refractivity contribution < 1.29 is 9.59 Å². The normalized spacial score (nSPS) is 20.4. The Morgan fingerprint density at radius 3 is 2.52 bits per heavy atom. The van der Waals surface area contributed by atoms with E-state index in [4.69, 9.17) is 0 Å². The fraction of sp³-hybridized carbons (Fsp3) is 0.261. The molecule has 1 aromatic carbocycles. The lowest BCUT2D eigenvalue weighted by molar-refractivity contribution is -0.118. The van der Waals surface area contributed by atoms with Crippen LogP contribution in [0.3, 0.4) is 0 Å². The van der Waals surface area contributed by atoms with Crippen molar-refractivity contribution in [2.45, 2.75) is 6.92 Å². The molecule has 0 N–H and O–H groups in total. The summed E-state index contributed by atoms with van der Waals surface area (Å²) in [6, 6.07) is 7.47. The molecule has 1 atom stereocenters. The number of allylic oxidation sites excluding steroid dienone is 3. The average Bonchev–Trinajstić information content (AvgIpc) is 3.25. The van der Waals surface area contributed by atoms with Crippen molar-refractivity contribution >= 4 is 23.5 Å². The van der Waals surface area contributed by atoms with Gasteiger partial charge in [0, 0.05) is 37.9 Å². The molecular weight excluding hydrogens is 392 g/mol. The number of amides is 2. The number of aryl methyl sites for hydroxylation is 1. The summed E-state index contributed by atoms with van der Waals surface area (Å²) >= 11 is 0. The highest BCUT2D eigenvalue weighted by atomic mass is 16.2. The first-order chi connectivity index (χ1) is 15.1. The second-order valence-corrected chi connectivity index (χ2v) is 7.80. The zero-order valence-electron chi connectivity index (χ0n) is 17.2. The Kier molecular flexibility index (Phi) is 4.82. The van der Waals surface area contributed by atoms with Crippen molar-refractivity contribution in [2.75, 3.05) is 26.2 Å². The lowest BCUT2D eigenvalue weighted by Gasteiger charge is -2.36. The number of rotatable bonds is 2. The van der Waals surface area contributed by atoms with E-state index < -0.39 is 0 Å². The number of carbonyl (C=O) groups is 2. The summed E-state index contributed by atoms with van der Waals surface area (Å²) < 4.78 is 1.79. The van der Waals surface area contributed by atoms with Crippen LogP contribution in [0.25, 0.3) is 5.69 Å². The third-order valence-corrected chi connectivity index (χ3v) is 5.65. The summed E-state index contributed by atoms with van der Waals surface area (Å²) in [5, 5.41) is 4.30. The third-order valence-electron chi connectivity index (χ3n) is 5.65. The van der Waals surface area contributed by atoms with Crippen LogP contribution < -0.4 is 0 Å². The number of aliphatic imine (C=N–C) groups is 2. The Bertz CT molecular complexity index is 1150. The Morgan fingerprint density at radius 1 is 1.03 bits per heavy atom. The maximum Gasteiger partial charge on any atom is 0.261 e. The minimum Gasteiger partial charge on any atom is -0.337 e. The molecule has 0 bridgehead atoms. The van der Waals surface area contributed by atoms with Crippen molar-refractivity contribution in [1.29, 1.82) is 0 Å². The molecule has 1 aliphatic carbocycles. The molecular formula is C23H22N6O2. The number of fused-ring (bicyclic) bond motifs is 1. The van der Waals surface area contributed by atoms with E-state index in [2.05, 4.69) is 15.1 Å². The highest BCUT2D eigenvalue weighted by molar-refractivity contribution is 6.21. The Morgan fingerprint density at radius 2 is 1.81 bits per heavy atom. The van der Waals surface area contributed by atoms with Crippen molar-refractivity contribution in [2.24, 2.45) is 15.9 Å². The molecule has 2 aliphatic heterocycles. The fourth-order valence-electron chi connectivity index (χ4n) is 3.90. The Hall–Kier alpha value is -3.81. The van der Waals surface area contributed by atoms with Gasteiger partial charge >= 0.3 is 0 Å². The van der Waals surface area contributed by atoms with Gasteiger partial charge in [-0.05, 0) is 42.8 Å². The van der Waals surface area contributed by atoms with Gasteiger partial charge in [0.2, 0.25) is 5.96 Å². The molecule has 1 unspecified atom stereocenters. The van der Waals surface area contributed by atoms with Gasteiger partial charge < -0.3 is 9.80 Å². The number of guanidine groups is 1. The molecule has 5 rings (SSSR count). The number of hydrogen-bond acceptors (Lipinski definition) is 5. The summed E-state index contributed by atoms with van der Waals surface area (Å²) in [6.07, 6.45) is 11.1. The van der Waals surface area contributed by atoms with Crippen LogP contribution >= 0.6 is 0 Å². The number of nitrogens with zero attached hydrogens (tertiary/aromatic N) is 6. The minimum atomic E-state index is -0.370. The maximum absolute atomic E-state index is 12.9. The van der Waals surface area contributed by atoms with E-state index in [9.17, 15) is 9.59 Å². The molecule has 0 spiro atoms. The molecule has 3 aliphatic rings. The number of aromatic nitrogens is 2. The number of piperazine rings is 1. The van der Waals surface area contributed by atoms with Crippen LogP contribution in [-0.4, -0.2) is 69.2 Å². The smallest absolute Gasteiger partial charge is 0.261 e. The molecule has 2 amide bonds. The van der Waals surface area contributed by atoms with Crippen LogP contribution in [-0.2, 0) is 4.79 Å². The first-order valence-corrected chi connectivity index (χ1v) is 10.3. The molecule has 156 valence electrons. The zero-order valence-corrected chi connectivity index (χ0v) is 17.2. The van der Waals surface area contributed by atoms with Crippen molar-refractivity contribution in [1.82, 2.24) is 19.6 Å². The van der Waals surface area contributed by atoms with E-state index in [1.165, 1.54) is 0 Å². The average molecular weight is 414 g/mol. The van der Waals surface area contributed by atoms with Crippen LogP contribution in [0.5, 0.6) is 0 Å². The molecule has 1 fully saturated rings. The lowest BCUT2D eigenvalue weighted by atomic mass is 9.97. The first-order valence-electron chi connectivity index (χ1n) is 10.3. The summed E-state index contributed by atoms with van der Waals surface area (Å²) in [6.45, 7) is 4.27. The zero-order chi connectivity index (χ0) is 21.4. The Labute approximate surface area is 179 Å². The molecule has 1 saturated heterocycles. The van der Waals surface area contributed by atoms with Gasteiger partial charge in [-0.25, -0.2) is 9.67 Å². The maximum atomic E-state index is 12.9. The second-order valence-electron chi connectivity index (χ2n) is 7.80. The molecule has 0 saturated carbocycles. The minimum absolute atomic E-state index is 0.00349. The summed E-state index contributed by atoms with van der Waals surface area (Å²) in [7, 11) is 0. The fourth-order valence-corrected chi connectivity index (χ4v) is 3.90. The van der Waals surface area contributed by atoms with Gasteiger partial charge in [0.25, 0.3) is 11.8 Å². The molecule has 3 heterocycles. The van der Waals surface area contributed by atoms with Gasteiger partial charge in [0.15, 0.2) is 0 Å². The van der Waals surface area contributed by atoms with E-state index in [-0.39, 0.29) is 17.7 Å². The largest absolute Gasteiger partial charge is 0.337 e. The lowest BCUT2D eigenvalue weighted by Crippen LogP contribution is -2.51. The van der Waals surface area contributed by atoms with Crippen LogP contribution in [0, 0.1) is 12.8 Å². The van der Waals surface area contributed by atoms with Crippen molar-refractivity contribution in [3.05, 3.63) is 72.1 Å². The van der Waals surface area contributed by atoms with E-state index in [0.717, 1.165) is 17.0 Å². The molecule has 8 nitrogen and oxygen atoms in total. The van der Waals surface area contributed by atoms with E-state index in [0.29, 0.717) is 37.7 Å². The van der Waals surface area contributed by atoms with E-state index >= 15 is 0 Å². The van der Waals surface area contributed by atoms with E-state index in [1.54, 1.807) is 10.9 Å². The van der Waals surface area contributed by atoms with Gasteiger partial charge in [-0.3, -0.25) is 9.59 Å².